The average molecular weight is 413 g/mol. The van der Waals surface area contributed by atoms with Crippen molar-refractivity contribution < 1.29 is 28.2 Å². The first-order valence-electron chi connectivity index (χ1n) is 9.92. The smallest absolute Gasteiger partial charge is 0.260 e. The van der Waals surface area contributed by atoms with Crippen LogP contribution in [-0.2, 0) is 11.3 Å². The van der Waals surface area contributed by atoms with Gasteiger partial charge in [-0.3, -0.25) is 14.6 Å². The Hall–Kier alpha value is -1.97. The van der Waals surface area contributed by atoms with E-state index >= 15 is 0 Å². The van der Waals surface area contributed by atoms with Gasteiger partial charge in [0.05, 0.1) is 20.2 Å². The molecule has 0 aromatic heterocycles. The predicted octanol–water partition coefficient (Wildman–Crippen LogP) is 1.10. The van der Waals surface area contributed by atoms with Gasteiger partial charge in [-0.15, -0.1) is 0 Å². The number of carbonyl (C=O) groups is 1. The number of carbonyl (C=O) groups excluding carboxylic acids is 1. The SMILES string of the molecule is COc1ccc(CN2CCNC(=O)C2)cc1OCC(O)CN1CCCC(F)(F)C1. The molecule has 0 bridgehead atoms. The minimum absolute atomic E-state index is 0.00708. The fourth-order valence-corrected chi connectivity index (χ4v) is 3.76. The molecular weight excluding hydrogens is 384 g/mol. The number of amides is 1. The van der Waals surface area contributed by atoms with Gasteiger partial charge in [0, 0.05) is 32.6 Å². The molecule has 3 rings (SSSR count). The molecule has 1 aromatic rings. The van der Waals surface area contributed by atoms with E-state index in [1.54, 1.807) is 11.0 Å². The first-order chi connectivity index (χ1) is 13.8. The van der Waals surface area contributed by atoms with Crippen molar-refractivity contribution in [2.75, 3.05) is 53.0 Å². The van der Waals surface area contributed by atoms with Crippen molar-refractivity contribution in [2.45, 2.75) is 31.4 Å². The molecular formula is C20H29F2N3O4. The van der Waals surface area contributed by atoms with Crippen molar-refractivity contribution >= 4 is 5.91 Å². The van der Waals surface area contributed by atoms with E-state index in [9.17, 15) is 18.7 Å². The summed E-state index contributed by atoms with van der Waals surface area (Å²) >= 11 is 0. The monoisotopic (exact) mass is 413 g/mol. The van der Waals surface area contributed by atoms with E-state index in [4.69, 9.17) is 9.47 Å². The number of piperidine rings is 1. The highest BCUT2D eigenvalue weighted by Crippen LogP contribution is 2.29. The Morgan fingerprint density at radius 3 is 2.83 bits per heavy atom. The quantitative estimate of drug-likeness (QED) is 0.665. The molecule has 0 aliphatic carbocycles. The topological polar surface area (TPSA) is 74.3 Å². The first kappa shape index (κ1) is 21.7. The van der Waals surface area contributed by atoms with Crippen LogP contribution in [-0.4, -0.2) is 85.8 Å². The van der Waals surface area contributed by atoms with Crippen LogP contribution in [0.2, 0.25) is 0 Å². The lowest BCUT2D eigenvalue weighted by Gasteiger charge is -2.33. The van der Waals surface area contributed by atoms with E-state index in [0.717, 1.165) is 12.1 Å². The third-order valence-corrected chi connectivity index (χ3v) is 5.12. The summed E-state index contributed by atoms with van der Waals surface area (Å²) in [4.78, 5) is 15.1. The number of hydrogen-bond acceptors (Lipinski definition) is 6. The number of likely N-dealkylation sites (tertiary alicyclic amines) is 1. The maximum Gasteiger partial charge on any atom is 0.260 e. The van der Waals surface area contributed by atoms with Gasteiger partial charge >= 0.3 is 0 Å². The molecule has 1 amide bonds. The highest BCUT2D eigenvalue weighted by Gasteiger charge is 2.35. The van der Waals surface area contributed by atoms with Crippen LogP contribution in [0.5, 0.6) is 11.5 Å². The van der Waals surface area contributed by atoms with E-state index in [0.29, 0.717) is 44.1 Å². The predicted molar refractivity (Wildman–Crippen MR) is 103 cm³/mol. The molecule has 1 unspecified atom stereocenters. The number of aliphatic hydroxyl groups excluding tert-OH is 1. The summed E-state index contributed by atoms with van der Waals surface area (Å²) in [6.45, 7) is 2.68. The van der Waals surface area contributed by atoms with Crippen molar-refractivity contribution in [2.24, 2.45) is 0 Å². The van der Waals surface area contributed by atoms with Crippen molar-refractivity contribution in [1.82, 2.24) is 15.1 Å². The van der Waals surface area contributed by atoms with Gasteiger partial charge in [-0.2, -0.15) is 0 Å². The molecule has 9 heteroatoms. The Morgan fingerprint density at radius 1 is 1.28 bits per heavy atom. The molecule has 1 atom stereocenters. The zero-order chi connectivity index (χ0) is 20.9. The van der Waals surface area contributed by atoms with E-state index in [-0.39, 0.29) is 32.0 Å². The van der Waals surface area contributed by atoms with Crippen LogP contribution >= 0.6 is 0 Å². The minimum Gasteiger partial charge on any atom is -0.493 e. The second kappa shape index (κ2) is 9.69. The zero-order valence-electron chi connectivity index (χ0n) is 16.7. The van der Waals surface area contributed by atoms with Crippen molar-refractivity contribution in [3.05, 3.63) is 23.8 Å². The summed E-state index contributed by atoms with van der Waals surface area (Å²) in [5, 5.41) is 13.0. The maximum absolute atomic E-state index is 13.5. The van der Waals surface area contributed by atoms with Crippen LogP contribution in [0.3, 0.4) is 0 Å². The lowest BCUT2D eigenvalue weighted by atomic mass is 10.1. The molecule has 0 radical (unpaired) electrons. The van der Waals surface area contributed by atoms with Crippen LogP contribution < -0.4 is 14.8 Å². The van der Waals surface area contributed by atoms with Crippen LogP contribution in [0.25, 0.3) is 0 Å². The number of methoxy groups -OCH3 is 1. The second-order valence-electron chi connectivity index (χ2n) is 7.71. The van der Waals surface area contributed by atoms with Gasteiger partial charge in [0.25, 0.3) is 5.92 Å². The molecule has 0 saturated carbocycles. The Morgan fingerprint density at radius 2 is 2.10 bits per heavy atom. The summed E-state index contributed by atoms with van der Waals surface area (Å²) in [5.74, 6) is -1.68. The Balaban J connectivity index is 1.55. The zero-order valence-corrected chi connectivity index (χ0v) is 16.7. The number of aliphatic hydroxyl groups is 1. The molecule has 162 valence electrons. The largest absolute Gasteiger partial charge is 0.493 e. The van der Waals surface area contributed by atoms with Gasteiger partial charge in [-0.25, -0.2) is 8.78 Å². The Bertz CT molecular complexity index is 704. The number of nitrogens with zero attached hydrogens (tertiary/aromatic N) is 2. The average Bonchev–Trinajstić information content (AvgIpc) is 2.66. The third kappa shape index (κ3) is 6.52. The number of benzene rings is 1. The molecule has 7 nitrogen and oxygen atoms in total. The summed E-state index contributed by atoms with van der Waals surface area (Å²) in [5.41, 5.74) is 0.959. The fourth-order valence-electron chi connectivity index (χ4n) is 3.76. The van der Waals surface area contributed by atoms with Crippen LogP contribution in [0.4, 0.5) is 8.78 Å². The number of ether oxygens (including phenoxy) is 2. The van der Waals surface area contributed by atoms with Gasteiger partial charge in [0.15, 0.2) is 11.5 Å². The summed E-state index contributed by atoms with van der Waals surface area (Å²) < 4.78 is 38.1. The summed E-state index contributed by atoms with van der Waals surface area (Å²) in [6, 6.07) is 5.52. The number of alkyl halides is 2. The normalized spacial score (nSPS) is 21.4. The standard InChI is InChI=1S/C20H29F2N3O4/c1-28-17-4-3-15(10-24-8-6-23-19(27)12-24)9-18(17)29-13-16(26)11-25-7-2-5-20(21,22)14-25/h3-4,9,16,26H,2,5-8,10-14H2,1H3,(H,23,27). The molecule has 0 spiro atoms. The number of rotatable bonds is 8. The maximum atomic E-state index is 13.5. The molecule has 2 fully saturated rings. The third-order valence-electron chi connectivity index (χ3n) is 5.12. The number of nitrogens with one attached hydrogen (secondary N) is 1. The molecule has 1 aromatic carbocycles. The number of piperazine rings is 1. The van der Waals surface area contributed by atoms with Gasteiger partial charge in [0.1, 0.15) is 12.7 Å². The van der Waals surface area contributed by atoms with Gasteiger partial charge < -0.3 is 19.9 Å². The first-order valence-corrected chi connectivity index (χ1v) is 9.92. The molecule has 2 saturated heterocycles. The van der Waals surface area contributed by atoms with E-state index in [2.05, 4.69) is 5.32 Å². The van der Waals surface area contributed by atoms with Crippen molar-refractivity contribution in [1.29, 1.82) is 0 Å². The molecule has 2 N–H and O–H groups in total. The molecule has 2 aliphatic heterocycles. The summed E-state index contributed by atoms with van der Waals surface area (Å²) in [7, 11) is 1.53. The van der Waals surface area contributed by atoms with Crippen LogP contribution in [0.1, 0.15) is 18.4 Å². The van der Waals surface area contributed by atoms with Crippen LogP contribution in [0.15, 0.2) is 18.2 Å². The van der Waals surface area contributed by atoms with E-state index in [1.807, 2.05) is 17.0 Å². The highest BCUT2D eigenvalue weighted by atomic mass is 19.3. The van der Waals surface area contributed by atoms with Crippen LogP contribution in [0, 0.1) is 0 Å². The number of halogens is 2. The molecule has 2 aliphatic rings. The summed E-state index contributed by atoms with van der Waals surface area (Å²) in [6.07, 6.45) is -0.563. The number of β-amino-alcohol motifs (C(OH)–C–C–N with tert-alkyl or cyclic N) is 1. The van der Waals surface area contributed by atoms with Crippen molar-refractivity contribution in [3.8, 4) is 11.5 Å². The van der Waals surface area contributed by atoms with E-state index < -0.39 is 12.0 Å². The lowest BCUT2D eigenvalue weighted by molar-refractivity contribution is -0.124. The minimum atomic E-state index is -2.69. The van der Waals surface area contributed by atoms with Gasteiger partial charge in [-0.1, -0.05) is 6.07 Å². The van der Waals surface area contributed by atoms with Crippen molar-refractivity contribution in [3.63, 3.8) is 0 Å². The highest BCUT2D eigenvalue weighted by molar-refractivity contribution is 5.78. The Kier molecular flexibility index (Phi) is 7.26. The fraction of sp³-hybridized carbons (Fsp3) is 0.650. The lowest BCUT2D eigenvalue weighted by Crippen LogP contribution is -2.47. The number of hydrogen-bond donors (Lipinski definition) is 2. The Labute approximate surface area is 169 Å². The van der Waals surface area contributed by atoms with Gasteiger partial charge in [-0.05, 0) is 30.7 Å². The molecule has 2 heterocycles. The van der Waals surface area contributed by atoms with E-state index in [1.165, 1.54) is 7.11 Å². The van der Waals surface area contributed by atoms with Gasteiger partial charge in [0.2, 0.25) is 5.91 Å². The molecule has 29 heavy (non-hydrogen) atoms. The second-order valence-corrected chi connectivity index (χ2v) is 7.71.